The summed E-state index contributed by atoms with van der Waals surface area (Å²) in [5, 5.41) is 4.61. The second kappa shape index (κ2) is 4.77. The monoisotopic (exact) mass is 237 g/mol. The van der Waals surface area contributed by atoms with Crippen molar-refractivity contribution >= 4 is 11.6 Å². The fraction of sp³-hybridized carbons (Fsp3) is 0.571. The summed E-state index contributed by atoms with van der Waals surface area (Å²) in [5.74, 6) is 0. The smallest absolute Gasteiger partial charge is 0.0438 e. The van der Waals surface area contributed by atoms with E-state index in [2.05, 4.69) is 31.3 Å². The van der Waals surface area contributed by atoms with E-state index in [9.17, 15) is 0 Å². The van der Waals surface area contributed by atoms with E-state index in [-0.39, 0.29) is 5.54 Å². The van der Waals surface area contributed by atoms with Crippen LogP contribution in [-0.4, -0.2) is 11.6 Å². The maximum atomic E-state index is 6.19. The summed E-state index contributed by atoms with van der Waals surface area (Å²) < 4.78 is 0. The average molecular weight is 238 g/mol. The Kier molecular flexibility index (Phi) is 3.56. The molecule has 0 radical (unpaired) electrons. The summed E-state index contributed by atoms with van der Waals surface area (Å²) in [6.07, 6.45) is 4.89. The first-order valence-electron chi connectivity index (χ1n) is 6.08. The molecule has 0 amide bonds. The molecule has 2 heteroatoms. The zero-order valence-corrected chi connectivity index (χ0v) is 10.8. The predicted octanol–water partition coefficient (Wildman–Crippen LogP) is 3.80. The molecule has 1 heterocycles. The van der Waals surface area contributed by atoms with Gasteiger partial charge in [0.2, 0.25) is 0 Å². The standard InChI is InChI=1S/C14H20ClN/c1-14(2)9-5-7-12(16-14)10-11-6-3-4-8-13(11)15/h3-4,6,8,12,16H,5,7,9-10H2,1-2H3/t12-/m1/s1. The number of nitrogens with one attached hydrogen (secondary N) is 1. The van der Waals surface area contributed by atoms with Crippen molar-refractivity contribution in [2.45, 2.75) is 51.1 Å². The topological polar surface area (TPSA) is 12.0 Å². The summed E-state index contributed by atoms with van der Waals surface area (Å²) in [6, 6.07) is 8.74. The van der Waals surface area contributed by atoms with Crippen molar-refractivity contribution in [1.82, 2.24) is 5.32 Å². The molecule has 88 valence electrons. The molecule has 0 bridgehead atoms. The van der Waals surface area contributed by atoms with Crippen LogP contribution in [0, 0.1) is 0 Å². The molecule has 1 saturated heterocycles. The van der Waals surface area contributed by atoms with Gasteiger partial charge in [-0.1, -0.05) is 36.2 Å². The average Bonchev–Trinajstić information content (AvgIpc) is 2.20. The van der Waals surface area contributed by atoms with Gasteiger partial charge in [0.05, 0.1) is 0 Å². The number of piperidine rings is 1. The minimum absolute atomic E-state index is 0.282. The Morgan fingerprint density at radius 2 is 2.12 bits per heavy atom. The lowest BCUT2D eigenvalue weighted by molar-refractivity contribution is 0.242. The highest BCUT2D eigenvalue weighted by Gasteiger charge is 2.26. The molecule has 0 spiro atoms. The van der Waals surface area contributed by atoms with Crippen LogP contribution in [-0.2, 0) is 6.42 Å². The highest BCUT2D eigenvalue weighted by molar-refractivity contribution is 6.31. The van der Waals surface area contributed by atoms with Gasteiger partial charge in [-0.3, -0.25) is 0 Å². The summed E-state index contributed by atoms with van der Waals surface area (Å²) in [7, 11) is 0. The van der Waals surface area contributed by atoms with E-state index in [4.69, 9.17) is 11.6 Å². The first-order valence-corrected chi connectivity index (χ1v) is 6.46. The highest BCUT2D eigenvalue weighted by atomic mass is 35.5. The largest absolute Gasteiger partial charge is 0.309 e. The van der Waals surface area contributed by atoms with Crippen LogP contribution in [0.5, 0.6) is 0 Å². The van der Waals surface area contributed by atoms with Crippen LogP contribution >= 0.6 is 11.6 Å². The summed E-state index contributed by atoms with van der Waals surface area (Å²) in [5.41, 5.74) is 1.55. The van der Waals surface area contributed by atoms with Crippen molar-refractivity contribution in [3.8, 4) is 0 Å². The van der Waals surface area contributed by atoms with Gasteiger partial charge in [-0.15, -0.1) is 0 Å². The van der Waals surface area contributed by atoms with E-state index in [1.807, 2.05) is 12.1 Å². The van der Waals surface area contributed by atoms with E-state index in [0.717, 1.165) is 11.4 Å². The number of hydrogen-bond donors (Lipinski definition) is 1. The number of hydrogen-bond acceptors (Lipinski definition) is 1. The second-order valence-electron chi connectivity index (χ2n) is 5.41. The molecule has 1 aliphatic heterocycles. The Balaban J connectivity index is 2.02. The zero-order valence-electron chi connectivity index (χ0n) is 10.1. The highest BCUT2D eigenvalue weighted by Crippen LogP contribution is 2.25. The summed E-state index contributed by atoms with van der Waals surface area (Å²) >= 11 is 6.19. The molecule has 2 rings (SSSR count). The van der Waals surface area contributed by atoms with Crippen LogP contribution in [0.4, 0.5) is 0 Å². The maximum Gasteiger partial charge on any atom is 0.0438 e. The molecule has 0 saturated carbocycles. The molecule has 16 heavy (non-hydrogen) atoms. The van der Waals surface area contributed by atoms with Gasteiger partial charge in [-0.05, 0) is 44.7 Å². The number of benzene rings is 1. The van der Waals surface area contributed by atoms with Gasteiger partial charge in [0.25, 0.3) is 0 Å². The molecule has 0 aromatic heterocycles. The third-order valence-electron chi connectivity index (χ3n) is 3.37. The third-order valence-corrected chi connectivity index (χ3v) is 3.74. The Bertz CT molecular complexity index is 360. The maximum absolute atomic E-state index is 6.19. The van der Waals surface area contributed by atoms with Gasteiger partial charge < -0.3 is 5.32 Å². The quantitative estimate of drug-likeness (QED) is 0.825. The molecule has 1 fully saturated rings. The van der Waals surface area contributed by atoms with E-state index in [1.165, 1.54) is 24.8 Å². The minimum Gasteiger partial charge on any atom is -0.309 e. The van der Waals surface area contributed by atoms with Gasteiger partial charge in [-0.25, -0.2) is 0 Å². The van der Waals surface area contributed by atoms with Gasteiger partial charge in [0, 0.05) is 16.6 Å². The summed E-state index contributed by atoms with van der Waals surface area (Å²) in [6.45, 7) is 4.57. The molecule has 0 unspecified atom stereocenters. The van der Waals surface area contributed by atoms with Crippen LogP contribution in [0.1, 0.15) is 38.7 Å². The lowest BCUT2D eigenvalue weighted by Crippen LogP contribution is -2.50. The van der Waals surface area contributed by atoms with Crippen LogP contribution in [0.15, 0.2) is 24.3 Å². The van der Waals surface area contributed by atoms with Crippen molar-refractivity contribution in [2.75, 3.05) is 0 Å². The first kappa shape index (κ1) is 11.9. The molecule has 1 N–H and O–H groups in total. The molecular formula is C14H20ClN. The van der Waals surface area contributed by atoms with Crippen LogP contribution < -0.4 is 5.32 Å². The zero-order chi connectivity index (χ0) is 11.6. The van der Waals surface area contributed by atoms with Crippen LogP contribution in [0.2, 0.25) is 5.02 Å². The molecule has 1 nitrogen and oxygen atoms in total. The SMILES string of the molecule is CC1(C)CCC[C@H](Cc2ccccc2Cl)N1. The van der Waals surface area contributed by atoms with Crippen molar-refractivity contribution in [1.29, 1.82) is 0 Å². The van der Waals surface area contributed by atoms with E-state index in [0.29, 0.717) is 6.04 Å². The van der Waals surface area contributed by atoms with Crippen molar-refractivity contribution in [3.63, 3.8) is 0 Å². The molecule has 1 aromatic carbocycles. The lowest BCUT2D eigenvalue weighted by Gasteiger charge is -2.37. The normalized spacial score (nSPS) is 24.3. The molecule has 1 aliphatic rings. The van der Waals surface area contributed by atoms with Gasteiger partial charge in [0.15, 0.2) is 0 Å². The van der Waals surface area contributed by atoms with Gasteiger partial charge >= 0.3 is 0 Å². The van der Waals surface area contributed by atoms with Crippen molar-refractivity contribution in [2.24, 2.45) is 0 Å². The Morgan fingerprint density at radius 1 is 1.38 bits per heavy atom. The lowest BCUT2D eigenvalue weighted by atomic mass is 9.87. The third kappa shape index (κ3) is 2.99. The Labute approximate surface area is 103 Å². The van der Waals surface area contributed by atoms with Crippen LogP contribution in [0.25, 0.3) is 0 Å². The molecule has 1 atom stereocenters. The number of rotatable bonds is 2. The van der Waals surface area contributed by atoms with Gasteiger partial charge in [-0.2, -0.15) is 0 Å². The van der Waals surface area contributed by atoms with Crippen molar-refractivity contribution in [3.05, 3.63) is 34.9 Å². The van der Waals surface area contributed by atoms with E-state index >= 15 is 0 Å². The fourth-order valence-corrected chi connectivity index (χ4v) is 2.78. The van der Waals surface area contributed by atoms with E-state index < -0.39 is 0 Å². The summed E-state index contributed by atoms with van der Waals surface area (Å²) in [4.78, 5) is 0. The Morgan fingerprint density at radius 3 is 2.81 bits per heavy atom. The molecular weight excluding hydrogens is 218 g/mol. The Hall–Kier alpha value is -0.530. The molecule has 0 aliphatic carbocycles. The van der Waals surface area contributed by atoms with Gasteiger partial charge in [0.1, 0.15) is 0 Å². The molecule has 1 aromatic rings. The van der Waals surface area contributed by atoms with Crippen LogP contribution in [0.3, 0.4) is 0 Å². The first-order chi connectivity index (χ1) is 7.57. The predicted molar refractivity (Wildman–Crippen MR) is 70.0 cm³/mol. The fourth-order valence-electron chi connectivity index (χ4n) is 2.57. The minimum atomic E-state index is 0.282. The second-order valence-corrected chi connectivity index (χ2v) is 5.82. The van der Waals surface area contributed by atoms with E-state index in [1.54, 1.807) is 0 Å². The number of halogens is 1. The van der Waals surface area contributed by atoms with Crippen molar-refractivity contribution < 1.29 is 0 Å².